The van der Waals surface area contributed by atoms with E-state index in [1.165, 1.54) is 0 Å². The van der Waals surface area contributed by atoms with E-state index in [0.717, 1.165) is 5.39 Å². The maximum absolute atomic E-state index is 11.4. The molecule has 0 radical (unpaired) electrons. The number of aromatic nitrogens is 2. The molecule has 0 aliphatic rings. The highest BCUT2D eigenvalue weighted by Crippen LogP contribution is 2.36. The van der Waals surface area contributed by atoms with Crippen molar-refractivity contribution in [2.24, 2.45) is 0 Å². The molecule has 122 valence electrons. The highest BCUT2D eigenvalue weighted by molar-refractivity contribution is 6.67. The lowest BCUT2D eigenvalue weighted by atomic mass is 10.0. The number of halogens is 2. The minimum Gasteiger partial charge on any atom is -0.493 e. The van der Waals surface area contributed by atoms with Crippen molar-refractivity contribution in [2.45, 2.75) is 0 Å². The van der Waals surface area contributed by atoms with E-state index in [0.29, 0.717) is 33.8 Å². The third-order valence-electron chi connectivity index (χ3n) is 3.54. The standard InChI is InChI=1S/C17H12Cl2N2O3/c1-23-13-7-11-12(8-14(13)24-2)20-17(19)21-15(11)9-4-3-5-10(6-9)16(18)22/h3-8H,1-2H3. The van der Waals surface area contributed by atoms with Crippen LogP contribution in [-0.4, -0.2) is 29.4 Å². The number of ether oxygens (including phenoxy) is 2. The summed E-state index contributed by atoms with van der Waals surface area (Å²) in [5.41, 5.74) is 2.25. The van der Waals surface area contributed by atoms with E-state index >= 15 is 0 Å². The number of carbonyl (C=O) groups is 1. The van der Waals surface area contributed by atoms with Gasteiger partial charge in [0.2, 0.25) is 5.28 Å². The average Bonchev–Trinajstić information content (AvgIpc) is 2.59. The van der Waals surface area contributed by atoms with Crippen molar-refractivity contribution in [2.75, 3.05) is 14.2 Å². The number of nitrogens with zero attached hydrogens (tertiary/aromatic N) is 2. The first-order valence-electron chi connectivity index (χ1n) is 6.93. The Labute approximate surface area is 148 Å². The fourth-order valence-electron chi connectivity index (χ4n) is 2.44. The Morgan fingerprint density at radius 1 is 1.04 bits per heavy atom. The summed E-state index contributed by atoms with van der Waals surface area (Å²) < 4.78 is 10.6. The van der Waals surface area contributed by atoms with Crippen molar-refractivity contribution < 1.29 is 14.3 Å². The molecule has 0 fully saturated rings. The van der Waals surface area contributed by atoms with Gasteiger partial charge < -0.3 is 9.47 Å². The van der Waals surface area contributed by atoms with Crippen molar-refractivity contribution in [3.8, 4) is 22.8 Å². The van der Waals surface area contributed by atoms with Gasteiger partial charge in [-0.1, -0.05) is 18.2 Å². The van der Waals surface area contributed by atoms with Crippen molar-refractivity contribution in [3.63, 3.8) is 0 Å². The number of methoxy groups -OCH3 is 2. The van der Waals surface area contributed by atoms with Crippen LogP contribution in [0.3, 0.4) is 0 Å². The number of hydrogen-bond acceptors (Lipinski definition) is 5. The van der Waals surface area contributed by atoms with E-state index in [9.17, 15) is 4.79 Å². The smallest absolute Gasteiger partial charge is 0.252 e. The van der Waals surface area contributed by atoms with Gasteiger partial charge in [0.15, 0.2) is 11.5 Å². The predicted octanol–water partition coefficient (Wildman–Crippen LogP) is 4.35. The molecule has 0 N–H and O–H groups in total. The molecule has 3 aromatic rings. The molecule has 0 amide bonds. The molecule has 0 saturated heterocycles. The largest absolute Gasteiger partial charge is 0.493 e. The maximum atomic E-state index is 11.4. The Kier molecular flexibility index (Phi) is 4.55. The number of carbonyl (C=O) groups excluding carboxylic acids is 1. The normalized spacial score (nSPS) is 10.7. The molecular weight excluding hydrogens is 351 g/mol. The Balaban J connectivity index is 2.31. The second-order valence-corrected chi connectivity index (χ2v) is 5.60. The van der Waals surface area contributed by atoms with Crippen LogP contribution < -0.4 is 9.47 Å². The van der Waals surface area contributed by atoms with Crippen molar-refractivity contribution >= 4 is 39.3 Å². The topological polar surface area (TPSA) is 61.3 Å². The van der Waals surface area contributed by atoms with Crippen molar-refractivity contribution in [1.82, 2.24) is 9.97 Å². The third-order valence-corrected chi connectivity index (χ3v) is 3.92. The second kappa shape index (κ2) is 6.63. The van der Waals surface area contributed by atoms with E-state index in [2.05, 4.69) is 9.97 Å². The molecule has 7 heteroatoms. The molecular formula is C17H12Cl2N2O3. The summed E-state index contributed by atoms with van der Waals surface area (Å²) in [6.07, 6.45) is 0. The monoisotopic (exact) mass is 362 g/mol. The maximum Gasteiger partial charge on any atom is 0.252 e. The Morgan fingerprint density at radius 2 is 1.75 bits per heavy atom. The van der Waals surface area contributed by atoms with Gasteiger partial charge in [-0.15, -0.1) is 0 Å². The first-order chi connectivity index (χ1) is 11.5. The number of benzene rings is 2. The molecule has 0 unspecified atom stereocenters. The molecule has 24 heavy (non-hydrogen) atoms. The minimum absolute atomic E-state index is 0.0901. The van der Waals surface area contributed by atoms with Crippen LogP contribution >= 0.6 is 23.2 Å². The molecule has 3 rings (SSSR count). The number of hydrogen-bond donors (Lipinski definition) is 0. The van der Waals surface area contributed by atoms with Gasteiger partial charge in [-0.05, 0) is 35.3 Å². The Morgan fingerprint density at radius 3 is 2.42 bits per heavy atom. The van der Waals surface area contributed by atoms with E-state index < -0.39 is 5.24 Å². The quantitative estimate of drug-likeness (QED) is 0.510. The van der Waals surface area contributed by atoms with Gasteiger partial charge in [-0.25, -0.2) is 9.97 Å². The molecule has 1 heterocycles. The summed E-state index contributed by atoms with van der Waals surface area (Å²) in [6.45, 7) is 0. The summed E-state index contributed by atoms with van der Waals surface area (Å²) in [5.74, 6) is 1.08. The van der Waals surface area contributed by atoms with Gasteiger partial charge >= 0.3 is 0 Å². The molecule has 1 aromatic heterocycles. The Bertz CT molecular complexity index is 945. The Hall–Kier alpha value is -2.37. The van der Waals surface area contributed by atoms with Crippen molar-refractivity contribution in [1.29, 1.82) is 0 Å². The molecule has 0 saturated carbocycles. The zero-order valence-electron chi connectivity index (χ0n) is 12.8. The van der Waals surface area contributed by atoms with E-state index in [1.54, 1.807) is 44.6 Å². The summed E-state index contributed by atoms with van der Waals surface area (Å²) in [4.78, 5) is 19.9. The highest BCUT2D eigenvalue weighted by atomic mass is 35.5. The molecule has 5 nitrogen and oxygen atoms in total. The second-order valence-electron chi connectivity index (χ2n) is 4.92. The highest BCUT2D eigenvalue weighted by Gasteiger charge is 2.15. The fourth-order valence-corrected chi connectivity index (χ4v) is 2.73. The molecule has 2 aromatic carbocycles. The van der Waals surface area contributed by atoms with Gasteiger partial charge in [0.05, 0.1) is 25.4 Å². The zero-order valence-corrected chi connectivity index (χ0v) is 14.4. The van der Waals surface area contributed by atoms with Gasteiger partial charge in [0.1, 0.15) is 0 Å². The summed E-state index contributed by atoms with van der Waals surface area (Å²) in [5, 5.41) is 0.268. The van der Waals surface area contributed by atoms with E-state index in [1.807, 2.05) is 6.07 Å². The van der Waals surface area contributed by atoms with Crippen LogP contribution in [0.4, 0.5) is 0 Å². The number of rotatable bonds is 4. The molecule has 0 aliphatic heterocycles. The SMILES string of the molecule is COc1cc2nc(Cl)nc(-c3cccc(C(=O)Cl)c3)c2cc1OC. The molecule has 0 spiro atoms. The van der Waals surface area contributed by atoms with Crippen LogP contribution in [0.1, 0.15) is 10.4 Å². The summed E-state index contributed by atoms with van der Waals surface area (Å²) >= 11 is 11.6. The molecule has 0 atom stereocenters. The summed E-state index contributed by atoms with van der Waals surface area (Å²) in [7, 11) is 3.09. The van der Waals surface area contributed by atoms with Crippen LogP contribution in [0.15, 0.2) is 36.4 Å². The lowest BCUT2D eigenvalue weighted by Crippen LogP contribution is -1.96. The van der Waals surface area contributed by atoms with Crippen LogP contribution in [-0.2, 0) is 0 Å². The van der Waals surface area contributed by atoms with E-state index in [4.69, 9.17) is 32.7 Å². The zero-order chi connectivity index (χ0) is 17.3. The van der Waals surface area contributed by atoms with Gasteiger partial charge in [-0.3, -0.25) is 4.79 Å². The molecule has 0 aliphatic carbocycles. The van der Waals surface area contributed by atoms with Gasteiger partial charge in [-0.2, -0.15) is 0 Å². The average molecular weight is 363 g/mol. The fraction of sp³-hybridized carbons (Fsp3) is 0.118. The summed E-state index contributed by atoms with van der Waals surface area (Å²) in [6, 6.07) is 10.3. The predicted molar refractivity (Wildman–Crippen MR) is 93.3 cm³/mol. The number of fused-ring (bicyclic) bond motifs is 1. The van der Waals surface area contributed by atoms with Crippen LogP contribution in [0.2, 0.25) is 5.28 Å². The van der Waals surface area contributed by atoms with Gasteiger partial charge in [0.25, 0.3) is 5.24 Å². The van der Waals surface area contributed by atoms with Gasteiger partial charge in [0, 0.05) is 22.6 Å². The lowest BCUT2D eigenvalue weighted by molar-refractivity contribution is 0.108. The minimum atomic E-state index is -0.541. The van der Waals surface area contributed by atoms with Crippen LogP contribution in [0.25, 0.3) is 22.2 Å². The lowest BCUT2D eigenvalue weighted by Gasteiger charge is -2.12. The van der Waals surface area contributed by atoms with Crippen molar-refractivity contribution in [3.05, 3.63) is 47.2 Å². The van der Waals surface area contributed by atoms with Crippen LogP contribution in [0, 0.1) is 0 Å². The van der Waals surface area contributed by atoms with E-state index in [-0.39, 0.29) is 5.28 Å². The van der Waals surface area contributed by atoms with Crippen LogP contribution in [0.5, 0.6) is 11.5 Å². The third kappa shape index (κ3) is 3.00. The first kappa shape index (κ1) is 16.5. The molecule has 0 bridgehead atoms. The first-order valence-corrected chi connectivity index (χ1v) is 7.68.